The third kappa shape index (κ3) is 5.87. The monoisotopic (exact) mass is 494 g/mol. The molecular weight excluding hydrogens is 473 g/mol. The van der Waals surface area contributed by atoms with E-state index in [2.05, 4.69) is 20.8 Å². The Morgan fingerprint density at radius 1 is 1.15 bits per heavy atom. The zero-order valence-corrected chi connectivity index (χ0v) is 18.9. The summed E-state index contributed by atoms with van der Waals surface area (Å²) in [5, 5.41) is 14.8. The first kappa shape index (κ1) is 24.0. The lowest BCUT2D eigenvalue weighted by Gasteiger charge is -2.29. The molecule has 0 aliphatic carbocycles. The molecule has 0 saturated carbocycles. The first-order valence-electron chi connectivity index (χ1n) is 10.7. The second kappa shape index (κ2) is 10.0. The molecule has 1 aromatic heterocycles. The summed E-state index contributed by atoms with van der Waals surface area (Å²) in [6, 6.07) is 11.0. The predicted molar refractivity (Wildman–Crippen MR) is 118 cm³/mol. The Bertz CT molecular complexity index is 1110. The Kier molecular flexibility index (Phi) is 7.08. The molecule has 1 unspecified atom stereocenters. The van der Waals surface area contributed by atoms with E-state index in [1.165, 1.54) is 12.1 Å². The number of benzene rings is 2. The van der Waals surface area contributed by atoms with Crippen molar-refractivity contribution in [3.63, 3.8) is 0 Å². The summed E-state index contributed by atoms with van der Waals surface area (Å²) in [6.07, 6.45) is -3.78. The van der Waals surface area contributed by atoms with E-state index in [1.54, 1.807) is 31.2 Å². The molecule has 0 bridgehead atoms. The van der Waals surface area contributed by atoms with Crippen molar-refractivity contribution in [3.8, 4) is 17.2 Å². The third-order valence-corrected chi connectivity index (χ3v) is 5.71. The molecule has 180 valence electrons. The van der Waals surface area contributed by atoms with Gasteiger partial charge in [-0.25, -0.2) is 0 Å². The summed E-state index contributed by atoms with van der Waals surface area (Å²) in [5.74, 6) is 0.810. The van der Waals surface area contributed by atoms with Gasteiger partial charge in [0.15, 0.2) is 6.10 Å². The Morgan fingerprint density at radius 2 is 1.85 bits per heavy atom. The number of piperidine rings is 1. The molecule has 2 heterocycles. The van der Waals surface area contributed by atoms with Crippen LogP contribution in [0, 0.1) is 0 Å². The first-order valence-corrected chi connectivity index (χ1v) is 11.0. The molecular formula is C23H22ClF3N4O3. The Morgan fingerprint density at radius 3 is 2.47 bits per heavy atom. The molecule has 1 aliphatic heterocycles. The van der Waals surface area contributed by atoms with Crippen molar-refractivity contribution in [1.29, 1.82) is 0 Å². The quantitative estimate of drug-likeness (QED) is 0.512. The van der Waals surface area contributed by atoms with Crippen molar-refractivity contribution in [3.05, 3.63) is 65.0 Å². The second-order valence-corrected chi connectivity index (χ2v) is 8.41. The summed E-state index contributed by atoms with van der Waals surface area (Å²) >= 11 is 5.85. The van der Waals surface area contributed by atoms with E-state index in [1.807, 2.05) is 0 Å². The van der Waals surface area contributed by atoms with Crippen molar-refractivity contribution < 1.29 is 27.1 Å². The fourth-order valence-electron chi connectivity index (χ4n) is 3.57. The van der Waals surface area contributed by atoms with Crippen molar-refractivity contribution in [2.75, 3.05) is 6.54 Å². The maximum Gasteiger partial charge on any atom is 0.416 e. The van der Waals surface area contributed by atoms with Crippen molar-refractivity contribution in [2.45, 2.75) is 44.1 Å². The van der Waals surface area contributed by atoms with Crippen LogP contribution >= 0.6 is 11.6 Å². The van der Waals surface area contributed by atoms with Crippen LogP contribution in [0.5, 0.6) is 5.75 Å². The Balaban J connectivity index is 1.28. The number of amides is 1. The molecule has 3 aromatic rings. The highest BCUT2D eigenvalue weighted by atomic mass is 35.5. The van der Waals surface area contributed by atoms with Gasteiger partial charge in [-0.05, 0) is 68.3 Å². The molecule has 3 atom stereocenters. The van der Waals surface area contributed by atoms with Gasteiger partial charge in [-0.3, -0.25) is 4.79 Å². The molecule has 7 nitrogen and oxygen atoms in total. The van der Waals surface area contributed by atoms with Gasteiger partial charge in [0, 0.05) is 23.2 Å². The number of ether oxygens (including phenoxy) is 1. The molecule has 11 heteroatoms. The second-order valence-electron chi connectivity index (χ2n) is 7.98. The van der Waals surface area contributed by atoms with E-state index in [-0.39, 0.29) is 23.9 Å². The van der Waals surface area contributed by atoms with Crippen LogP contribution in [0.15, 0.2) is 52.9 Å². The summed E-state index contributed by atoms with van der Waals surface area (Å²) in [4.78, 5) is 12.5. The van der Waals surface area contributed by atoms with Gasteiger partial charge in [-0.1, -0.05) is 11.6 Å². The van der Waals surface area contributed by atoms with Crippen LogP contribution in [0.2, 0.25) is 5.02 Å². The SMILES string of the molecule is CC(Oc1ccc(Cl)cc1)C(=O)N[C@H]1CC[C@H](c2nnc(-c3ccc(C(F)(F)F)cc3)o2)NC1. The molecule has 1 saturated heterocycles. The number of nitrogens with zero attached hydrogens (tertiary/aromatic N) is 2. The minimum atomic E-state index is -4.41. The van der Waals surface area contributed by atoms with E-state index in [0.717, 1.165) is 12.1 Å². The van der Waals surface area contributed by atoms with Gasteiger partial charge in [0.05, 0.1) is 11.6 Å². The number of alkyl halides is 3. The fraction of sp³-hybridized carbons (Fsp3) is 0.348. The van der Waals surface area contributed by atoms with Crippen molar-refractivity contribution in [1.82, 2.24) is 20.8 Å². The number of nitrogens with one attached hydrogen (secondary N) is 2. The van der Waals surface area contributed by atoms with Gasteiger partial charge in [0.25, 0.3) is 5.91 Å². The summed E-state index contributed by atoms with van der Waals surface area (Å²) < 4.78 is 49.5. The van der Waals surface area contributed by atoms with Crippen LogP contribution in [0.25, 0.3) is 11.5 Å². The molecule has 1 fully saturated rings. The molecule has 2 N–H and O–H groups in total. The number of halogens is 4. The van der Waals surface area contributed by atoms with E-state index >= 15 is 0 Å². The van der Waals surface area contributed by atoms with E-state index in [0.29, 0.717) is 41.6 Å². The third-order valence-electron chi connectivity index (χ3n) is 5.45. The number of hydrogen-bond acceptors (Lipinski definition) is 6. The van der Waals surface area contributed by atoms with Crippen LogP contribution in [-0.2, 0) is 11.0 Å². The maximum absolute atomic E-state index is 12.7. The minimum Gasteiger partial charge on any atom is -0.481 e. The molecule has 2 aromatic carbocycles. The van der Waals surface area contributed by atoms with E-state index in [4.69, 9.17) is 20.8 Å². The van der Waals surface area contributed by atoms with E-state index in [9.17, 15) is 18.0 Å². The average Bonchev–Trinajstić information content (AvgIpc) is 3.31. The van der Waals surface area contributed by atoms with Crippen molar-refractivity contribution in [2.24, 2.45) is 0 Å². The highest BCUT2D eigenvalue weighted by molar-refractivity contribution is 6.30. The standard InChI is InChI=1S/C23H22ClF3N4O3/c1-13(33-18-9-6-16(24)7-10-18)20(32)29-17-8-11-19(28-12-17)22-31-30-21(34-22)14-2-4-15(5-3-14)23(25,26)27/h2-7,9-10,13,17,19,28H,8,11-12H2,1H3,(H,29,32)/t13?,17-,19+/m0/s1. The lowest BCUT2D eigenvalue weighted by Crippen LogP contribution is -2.50. The molecule has 0 spiro atoms. The molecule has 4 rings (SSSR count). The highest BCUT2D eigenvalue weighted by Crippen LogP contribution is 2.31. The number of carbonyl (C=O) groups excluding carboxylic acids is 1. The van der Waals surface area contributed by atoms with Crippen molar-refractivity contribution >= 4 is 17.5 Å². The Labute approximate surface area is 198 Å². The van der Waals surface area contributed by atoms with Gasteiger partial charge in [0.1, 0.15) is 5.75 Å². The summed E-state index contributed by atoms with van der Waals surface area (Å²) in [6.45, 7) is 2.16. The van der Waals surface area contributed by atoms with Crippen LogP contribution in [-0.4, -0.2) is 34.8 Å². The fourth-order valence-corrected chi connectivity index (χ4v) is 3.70. The van der Waals surface area contributed by atoms with E-state index < -0.39 is 17.8 Å². The first-order chi connectivity index (χ1) is 16.2. The van der Waals surface area contributed by atoms with Crippen LogP contribution < -0.4 is 15.4 Å². The summed E-state index contributed by atoms with van der Waals surface area (Å²) in [7, 11) is 0. The van der Waals surface area contributed by atoms with Gasteiger partial charge >= 0.3 is 6.18 Å². The average molecular weight is 495 g/mol. The normalized spacial score (nSPS) is 19.4. The number of carbonyl (C=O) groups is 1. The van der Waals surface area contributed by atoms with Gasteiger partial charge in [-0.2, -0.15) is 13.2 Å². The number of hydrogen-bond donors (Lipinski definition) is 2. The lowest BCUT2D eigenvalue weighted by molar-refractivity contribution is -0.137. The van der Waals surface area contributed by atoms with Crippen LogP contribution in [0.4, 0.5) is 13.2 Å². The summed E-state index contributed by atoms with van der Waals surface area (Å²) in [5.41, 5.74) is -0.340. The number of rotatable bonds is 6. The molecule has 0 radical (unpaired) electrons. The van der Waals surface area contributed by atoms with Crippen LogP contribution in [0.1, 0.15) is 37.3 Å². The zero-order chi connectivity index (χ0) is 24.3. The molecule has 1 amide bonds. The van der Waals surface area contributed by atoms with Crippen LogP contribution in [0.3, 0.4) is 0 Å². The minimum absolute atomic E-state index is 0.0997. The predicted octanol–water partition coefficient (Wildman–Crippen LogP) is 4.79. The zero-order valence-electron chi connectivity index (χ0n) is 18.1. The van der Waals surface area contributed by atoms with Gasteiger partial charge in [-0.15, -0.1) is 10.2 Å². The largest absolute Gasteiger partial charge is 0.481 e. The molecule has 34 heavy (non-hydrogen) atoms. The highest BCUT2D eigenvalue weighted by Gasteiger charge is 2.31. The molecule has 1 aliphatic rings. The topological polar surface area (TPSA) is 89.3 Å². The van der Waals surface area contributed by atoms with Gasteiger partial charge < -0.3 is 19.8 Å². The van der Waals surface area contributed by atoms with Gasteiger partial charge in [0.2, 0.25) is 11.8 Å². The maximum atomic E-state index is 12.7. The Hall–Kier alpha value is -3.11. The lowest BCUT2D eigenvalue weighted by atomic mass is 10.0. The smallest absolute Gasteiger partial charge is 0.416 e. The number of aromatic nitrogens is 2.